The van der Waals surface area contributed by atoms with Gasteiger partial charge in [-0.05, 0) is 49.1 Å². The molecule has 1 unspecified atom stereocenters. The van der Waals surface area contributed by atoms with E-state index in [-0.39, 0.29) is 17.9 Å². The Hall–Kier alpha value is -2.30. The summed E-state index contributed by atoms with van der Waals surface area (Å²) < 4.78 is 0. The van der Waals surface area contributed by atoms with Gasteiger partial charge in [-0.2, -0.15) is 0 Å². The van der Waals surface area contributed by atoms with Crippen molar-refractivity contribution in [1.82, 2.24) is 15.2 Å². The van der Waals surface area contributed by atoms with Crippen molar-refractivity contribution in [2.75, 3.05) is 13.1 Å². The minimum absolute atomic E-state index is 0.0197. The smallest absolute Gasteiger partial charge is 0.245 e. The number of nitrogens with one attached hydrogen (secondary N) is 2. The first-order chi connectivity index (χ1) is 13.2. The van der Waals surface area contributed by atoms with Crippen molar-refractivity contribution in [1.29, 1.82) is 0 Å². The van der Waals surface area contributed by atoms with Gasteiger partial charge in [0.25, 0.3) is 0 Å². The van der Waals surface area contributed by atoms with E-state index in [0.717, 1.165) is 51.6 Å². The van der Waals surface area contributed by atoms with Gasteiger partial charge in [-0.25, -0.2) is 0 Å². The predicted octanol–water partition coefficient (Wildman–Crippen LogP) is 3.50. The molecule has 1 atom stereocenters. The van der Waals surface area contributed by atoms with Crippen LogP contribution in [0.1, 0.15) is 62.5 Å². The first kappa shape index (κ1) is 18.1. The molecule has 1 aromatic carbocycles. The first-order valence-electron chi connectivity index (χ1n) is 10.3. The molecule has 2 aliphatic rings. The molecular formula is C22H29N3O2. The molecule has 27 heavy (non-hydrogen) atoms. The van der Waals surface area contributed by atoms with Gasteiger partial charge >= 0.3 is 0 Å². The first-order valence-corrected chi connectivity index (χ1v) is 10.3. The van der Waals surface area contributed by atoms with E-state index in [9.17, 15) is 9.59 Å². The van der Waals surface area contributed by atoms with Crippen LogP contribution in [0.3, 0.4) is 0 Å². The summed E-state index contributed by atoms with van der Waals surface area (Å²) in [7, 11) is 0. The lowest BCUT2D eigenvalue weighted by molar-refractivity contribution is -0.137. The number of rotatable bonds is 3. The Kier molecular flexibility index (Phi) is 5.19. The highest BCUT2D eigenvalue weighted by atomic mass is 16.2. The number of fused-ring (bicyclic) bond motifs is 1. The second-order valence-electron chi connectivity index (χ2n) is 7.90. The molecule has 2 saturated heterocycles. The zero-order chi connectivity index (χ0) is 18.8. The van der Waals surface area contributed by atoms with Crippen LogP contribution in [0.25, 0.3) is 10.9 Å². The van der Waals surface area contributed by atoms with E-state index < -0.39 is 0 Å². The highest BCUT2D eigenvalue weighted by Crippen LogP contribution is 2.34. The van der Waals surface area contributed by atoms with Crippen molar-refractivity contribution in [3.63, 3.8) is 0 Å². The Morgan fingerprint density at radius 1 is 1.19 bits per heavy atom. The number of H-pyrrole nitrogens is 1. The Labute approximate surface area is 160 Å². The molecule has 0 aliphatic carbocycles. The van der Waals surface area contributed by atoms with Gasteiger partial charge in [-0.3, -0.25) is 9.59 Å². The molecule has 5 nitrogen and oxygen atoms in total. The maximum absolute atomic E-state index is 12.8. The quantitative estimate of drug-likeness (QED) is 0.872. The fourth-order valence-electron chi connectivity index (χ4n) is 4.66. The van der Waals surface area contributed by atoms with Gasteiger partial charge in [0.05, 0.1) is 0 Å². The molecular weight excluding hydrogens is 338 g/mol. The number of benzene rings is 1. The van der Waals surface area contributed by atoms with Crippen LogP contribution in [-0.2, 0) is 16.0 Å². The highest BCUT2D eigenvalue weighted by Gasteiger charge is 2.31. The summed E-state index contributed by atoms with van der Waals surface area (Å²) in [4.78, 5) is 30.1. The summed E-state index contributed by atoms with van der Waals surface area (Å²) in [5.74, 6) is 0.612. The fourth-order valence-corrected chi connectivity index (χ4v) is 4.66. The average molecular weight is 367 g/mol. The minimum Gasteiger partial charge on any atom is -0.361 e. The van der Waals surface area contributed by atoms with Crippen LogP contribution in [-0.4, -0.2) is 40.8 Å². The lowest BCUT2D eigenvalue weighted by Gasteiger charge is -2.34. The molecule has 3 heterocycles. The van der Waals surface area contributed by atoms with Crippen LogP contribution in [0.5, 0.6) is 0 Å². The predicted molar refractivity (Wildman–Crippen MR) is 107 cm³/mol. The third-order valence-corrected chi connectivity index (χ3v) is 6.24. The molecule has 0 saturated carbocycles. The monoisotopic (exact) mass is 367 g/mol. The largest absolute Gasteiger partial charge is 0.361 e. The molecule has 144 valence electrons. The van der Waals surface area contributed by atoms with Gasteiger partial charge in [-0.1, -0.05) is 31.5 Å². The van der Waals surface area contributed by atoms with E-state index in [1.165, 1.54) is 22.0 Å². The molecule has 2 N–H and O–H groups in total. The summed E-state index contributed by atoms with van der Waals surface area (Å²) >= 11 is 0. The van der Waals surface area contributed by atoms with Gasteiger partial charge in [-0.15, -0.1) is 0 Å². The zero-order valence-corrected chi connectivity index (χ0v) is 16.1. The lowest BCUT2D eigenvalue weighted by atomic mass is 9.88. The zero-order valence-electron chi connectivity index (χ0n) is 16.1. The molecule has 1 aromatic heterocycles. The van der Waals surface area contributed by atoms with Crippen molar-refractivity contribution in [2.24, 2.45) is 0 Å². The average Bonchev–Trinajstić information content (AvgIpc) is 3.02. The van der Waals surface area contributed by atoms with Crippen LogP contribution in [0.2, 0.25) is 0 Å². The van der Waals surface area contributed by atoms with E-state index in [4.69, 9.17) is 0 Å². The number of hydrogen-bond donors (Lipinski definition) is 2. The molecule has 2 aliphatic heterocycles. The highest BCUT2D eigenvalue weighted by molar-refractivity contribution is 5.88. The van der Waals surface area contributed by atoms with Gasteiger partial charge < -0.3 is 15.2 Å². The molecule has 0 radical (unpaired) electrons. The molecule has 0 spiro atoms. The maximum Gasteiger partial charge on any atom is 0.245 e. The van der Waals surface area contributed by atoms with Crippen molar-refractivity contribution in [3.05, 3.63) is 35.5 Å². The number of hydrogen-bond acceptors (Lipinski definition) is 2. The van der Waals surface area contributed by atoms with Gasteiger partial charge in [0.15, 0.2) is 0 Å². The van der Waals surface area contributed by atoms with E-state index in [2.05, 4.69) is 41.6 Å². The van der Waals surface area contributed by atoms with Crippen LogP contribution < -0.4 is 5.32 Å². The number of amides is 2. The van der Waals surface area contributed by atoms with Crippen molar-refractivity contribution < 1.29 is 9.59 Å². The molecule has 5 heteroatoms. The number of para-hydroxylation sites is 1. The minimum atomic E-state index is -0.322. The summed E-state index contributed by atoms with van der Waals surface area (Å²) in [6, 6.07) is 6.21. The van der Waals surface area contributed by atoms with Gasteiger partial charge in [0, 0.05) is 36.6 Å². The number of nitrogens with zero attached hydrogens (tertiary/aromatic N) is 1. The van der Waals surface area contributed by atoms with Crippen LogP contribution in [0.4, 0.5) is 0 Å². The fraction of sp³-hybridized carbons (Fsp3) is 0.545. The summed E-state index contributed by atoms with van der Waals surface area (Å²) in [5.41, 5.74) is 4.00. The van der Waals surface area contributed by atoms with E-state index in [0.29, 0.717) is 12.3 Å². The Bertz CT molecular complexity index is 833. The number of aromatic nitrogens is 1. The van der Waals surface area contributed by atoms with Gasteiger partial charge in [0.1, 0.15) is 6.04 Å². The number of carbonyl (C=O) groups excluding carboxylic acids is 2. The van der Waals surface area contributed by atoms with Gasteiger partial charge in [0.2, 0.25) is 11.8 Å². The van der Waals surface area contributed by atoms with Crippen LogP contribution >= 0.6 is 0 Å². The van der Waals surface area contributed by atoms with E-state index in [1.54, 1.807) is 0 Å². The summed E-state index contributed by atoms with van der Waals surface area (Å²) in [5, 5.41) is 4.25. The topological polar surface area (TPSA) is 65.2 Å². The second kappa shape index (κ2) is 7.75. The Balaban J connectivity index is 1.43. The third-order valence-electron chi connectivity index (χ3n) is 6.24. The molecule has 2 fully saturated rings. The summed E-state index contributed by atoms with van der Waals surface area (Å²) in [6.45, 7) is 3.73. The number of carbonyl (C=O) groups is 2. The number of aryl methyl sites for hydroxylation is 1. The maximum atomic E-state index is 12.8. The van der Waals surface area contributed by atoms with E-state index in [1.807, 2.05) is 4.90 Å². The standard InChI is InChI=1S/C22H29N3O2/c1-2-15-6-5-7-17-18(14-23-21(15)17)16-10-12-25(13-11-16)22(27)19-8-3-4-9-20(26)24-19/h5-7,14,16,19,23H,2-4,8-13H2,1H3,(H,24,26). The molecule has 2 aromatic rings. The second-order valence-corrected chi connectivity index (χ2v) is 7.90. The normalized spacial score (nSPS) is 21.9. The Morgan fingerprint density at radius 3 is 2.78 bits per heavy atom. The van der Waals surface area contributed by atoms with E-state index >= 15 is 0 Å². The van der Waals surface area contributed by atoms with Crippen molar-refractivity contribution in [2.45, 2.75) is 63.8 Å². The number of aromatic amines is 1. The lowest BCUT2D eigenvalue weighted by Crippen LogP contribution is -2.49. The Morgan fingerprint density at radius 2 is 2.00 bits per heavy atom. The summed E-state index contributed by atoms with van der Waals surface area (Å²) in [6.07, 6.45) is 8.30. The van der Waals surface area contributed by atoms with Crippen LogP contribution in [0, 0.1) is 0 Å². The number of likely N-dealkylation sites (tertiary alicyclic amines) is 1. The molecule has 2 amide bonds. The SMILES string of the molecule is CCc1cccc2c(C3CCN(C(=O)C4CCCCC(=O)N4)CC3)c[nH]c12. The van der Waals surface area contributed by atoms with Crippen molar-refractivity contribution in [3.8, 4) is 0 Å². The number of piperidine rings is 1. The third kappa shape index (κ3) is 3.60. The van der Waals surface area contributed by atoms with Crippen LogP contribution in [0.15, 0.2) is 24.4 Å². The molecule has 4 rings (SSSR count). The van der Waals surface area contributed by atoms with Crippen molar-refractivity contribution >= 4 is 22.7 Å². The molecule has 0 bridgehead atoms.